The molecule has 2 aliphatic heterocycles. The maximum absolute atomic E-state index is 9.86. The molecular formula is C104H92BN5O. The van der Waals surface area contributed by atoms with Crippen LogP contribution in [-0.4, -0.2) is 20.4 Å². The SMILES string of the molecule is [2H]c1c([2H])c([2H])c2c(c1[2H])c1c([2H])c([2H])c([2H])c([2H])c1n2-c1ccc2c(c1)N(c1cccc3c1oc1c(-n4c5ccc(C(C)(C)C)cc5c5cc(C(C)(C)C)ccc54)cccc13)c1cc(C(C)(C)C)cc3c1B2c1ccc(-n2c4ccc(C(C)(C)C)cc4c4cc(C(C)(C)C)ccc42)cc1N3c1cc(-c2ccccc2)cc(-c2ccccc2)c1. The standard InChI is InChI=1S/C104H92BN5O/c1-100(2,3)67-40-48-87-79(55-67)80-56-68(101(4,5)6)41-49-88(80)107(87)72-44-46-83-93(61-72)108(74-53-65(63-28-18-16-19-29-63)52-66(54-74)64-30-20-17-21-31-64)95-59-71(104(13,14)15)60-96-97(95)105(83)84-47-45-73(106-85-36-24-22-32-75(85)76-33-23-25-37-86(76)106)62-94(84)110(96)92-39-27-35-78-77-34-26-38-91(98(77)111-99(78)92)109-89-50-42-69(102(7,8)9)57-81(89)82-58-70(103(10,11)12)43-51-90(82)109/h16-62H,1-15H3/i22D,23D,24D,25D,32D,33D,36D,37D. The van der Waals surface area contributed by atoms with Gasteiger partial charge in [-0.05, 0) is 221 Å². The Morgan fingerprint density at radius 3 is 1.09 bits per heavy atom. The number of furan rings is 1. The van der Waals surface area contributed by atoms with Gasteiger partial charge in [-0.3, -0.25) is 0 Å². The minimum absolute atomic E-state index is 0.00385. The van der Waals surface area contributed by atoms with Gasteiger partial charge >= 0.3 is 0 Å². The van der Waals surface area contributed by atoms with Crippen molar-refractivity contribution in [2.45, 2.75) is 131 Å². The Morgan fingerprint density at radius 1 is 0.261 bits per heavy atom. The first-order valence-corrected chi connectivity index (χ1v) is 39.0. The molecule has 14 aromatic carbocycles. The third kappa shape index (κ3) is 10.7. The third-order valence-electron chi connectivity index (χ3n) is 23.8. The van der Waals surface area contributed by atoms with E-state index in [4.69, 9.17) is 7.16 Å². The predicted octanol–water partition coefficient (Wildman–Crippen LogP) is 26.8. The zero-order chi connectivity index (χ0) is 83.2. The van der Waals surface area contributed by atoms with Crippen LogP contribution >= 0.6 is 0 Å². The fourth-order valence-electron chi connectivity index (χ4n) is 17.8. The summed E-state index contributed by atoms with van der Waals surface area (Å²) in [7, 11) is 0. The van der Waals surface area contributed by atoms with E-state index >= 15 is 0 Å². The van der Waals surface area contributed by atoms with Crippen LogP contribution < -0.4 is 26.2 Å². The minimum Gasteiger partial charge on any atom is -0.452 e. The average Bonchev–Trinajstić information content (AvgIpc) is 1.54. The van der Waals surface area contributed by atoms with Gasteiger partial charge in [0.1, 0.15) is 0 Å². The van der Waals surface area contributed by atoms with Crippen LogP contribution in [0.15, 0.2) is 289 Å². The second-order valence-corrected chi connectivity index (χ2v) is 36.1. The van der Waals surface area contributed by atoms with Crippen molar-refractivity contribution in [3.05, 3.63) is 313 Å². The number of para-hydroxylation sites is 4. The molecule has 0 bridgehead atoms. The number of fused-ring (bicyclic) bond motifs is 16. The van der Waals surface area contributed by atoms with Gasteiger partial charge < -0.3 is 27.9 Å². The predicted molar refractivity (Wildman–Crippen MR) is 475 cm³/mol. The minimum atomic E-state index is -0.504. The first kappa shape index (κ1) is 59.8. The molecule has 0 fully saturated rings. The summed E-state index contributed by atoms with van der Waals surface area (Å²) in [4.78, 5) is 4.87. The summed E-state index contributed by atoms with van der Waals surface area (Å²) in [5.41, 5.74) is 25.5. The second kappa shape index (κ2) is 24.2. The summed E-state index contributed by atoms with van der Waals surface area (Å²) in [5, 5.41) is 6.50. The lowest BCUT2D eigenvalue weighted by Gasteiger charge is -2.45. The summed E-state index contributed by atoms with van der Waals surface area (Å²) >= 11 is 0. The molecule has 20 rings (SSSR count). The van der Waals surface area contributed by atoms with Gasteiger partial charge in [0.15, 0.2) is 11.2 Å². The molecule has 4 aromatic heterocycles. The van der Waals surface area contributed by atoms with Gasteiger partial charge in [-0.1, -0.05) is 261 Å². The van der Waals surface area contributed by atoms with Crippen molar-refractivity contribution in [1.82, 2.24) is 13.7 Å². The van der Waals surface area contributed by atoms with Crippen molar-refractivity contribution in [2.75, 3.05) is 9.80 Å². The van der Waals surface area contributed by atoms with E-state index in [2.05, 4.69) is 353 Å². The fraction of sp³-hybridized carbons (Fsp3) is 0.192. The molecule has 7 heteroatoms. The zero-order valence-electron chi connectivity index (χ0n) is 73.7. The van der Waals surface area contributed by atoms with Crippen LogP contribution in [0, 0.1) is 0 Å². The smallest absolute Gasteiger partial charge is 0.252 e. The van der Waals surface area contributed by atoms with Gasteiger partial charge in [-0.25, -0.2) is 0 Å². The molecule has 0 aliphatic carbocycles. The molecule has 6 heterocycles. The number of nitrogens with zero attached hydrogens (tertiary/aromatic N) is 5. The lowest BCUT2D eigenvalue weighted by Crippen LogP contribution is -2.61. The Bertz CT molecular complexity index is 7160. The van der Waals surface area contributed by atoms with Crippen molar-refractivity contribution in [1.29, 1.82) is 0 Å². The van der Waals surface area contributed by atoms with Gasteiger partial charge in [0, 0.05) is 82.9 Å². The van der Waals surface area contributed by atoms with E-state index in [1.54, 1.807) is 4.57 Å². The van der Waals surface area contributed by atoms with E-state index in [1.807, 2.05) is 6.07 Å². The molecule has 0 atom stereocenters. The van der Waals surface area contributed by atoms with Crippen LogP contribution in [0.3, 0.4) is 0 Å². The summed E-state index contributed by atoms with van der Waals surface area (Å²) in [6.07, 6.45) is 0. The Morgan fingerprint density at radius 2 is 0.649 bits per heavy atom. The number of hydrogen-bond acceptors (Lipinski definition) is 3. The van der Waals surface area contributed by atoms with Crippen LogP contribution in [0.2, 0.25) is 0 Å². The normalized spacial score (nSPS) is 14.5. The van der Waals surface area contributed by atoms with Crippen LogP contribution in [0.1, 0.15) is 143 Å². The second-order valence-electron chi connectivity index (χ2n) is 36.1. The first-order valence-electron chi connectivity index (χ1n) is 43.0. The Hall–Kier alpha value is -12.1. The molecule has 6 nitrogen and oxygen atoms in total. The third-order valence-corrected chi connectivity index (χ3v) is 23.8. The quantitative estimate of drug-likeness (QED) is 0.149. The van der Waals surface area contributed by atoms with Gasteiger partial charge in [0.25, 0.3) is 6.71 Å². The lowest BCUT2D eigenvalue weighted by atomic mass is 9.33. The van der Waals surface area contributed by atoms with Crippen LogP contribution in [0.25, 0.3) is 127 Å². The van der Waals surface area contributed by atoms with Crippen LogP contribution in [-0.2, 0) is 27.1 Å². The molecule has 0 saturated carbocycles. The monoisotopic (exact) mass is 1450 g/mol. The molecule has 0 amide bonds. The largest absolute Gasteiger partial charge is 0.452 e. The molecule has 0 radical (unpaired) electrons. The summed E-state index contributed by atoms with van der Waals surface area (Å²) in [5.74, 6) is 0. The van der Waals surface area contributed by atoms with E-state index in [9.17, 15) is 8.22 Å². The average molecular weight is 1450 g/mol. The van der Waals surface area contributed by atoms with E-state index in [1.165, 1.54) is 33.0 Å². The number of aromatic nitrogens is 3. The number of anilines is 6. The highest BCUT2D eigenvalue weighted by Gasteiger charge is 2.46. The maximum atomic E-state index is 9.86. The summed E-state index contributed by atoms with van der Waals surface area (Å²) < 4.78 is 90.1. The number of benzene rings is 14. The molecule has 542 valence electrons. The molecule has 0 N–H and O–H groups in total. The van der Waals surface area contributed by atoms with E-state index in [0.717, 1.165) is 133 Å². The topological polar surface area (TPSA) is 34.4 Å². The summed E-state index contributed by atoms with van der Waals surface area (Å²) in [6.45, 7) is 33.6. The highest BCUT2D eigenvalue weighted by molar-refractivity contribution is 7.00. The maximum Gasteiger partial charge on any atom is 0.252 e. The molecule has 0 saturated heterocycles. The van der Waals surface area contributed by atoms with E-state index in [-0.39, 0.29) is 55.6 Å². The van der Waals surface area contributed by atoms with Crippen molar-refractivity contribution in [2.24, 2.45) is 0 Å². The Kier molecular flexibility index (Phi) is 13.1. The zero-order valence-corrected chi connectivity index (χ0v) is 65.7. The van der Waals surface area contributed by atoms with Gasteiger partial charge in [-0.2, -0.15) is 0 Å². The van der Waals surface area contributed by atoms with Crippen LogP contribution in [0.5, 0.6) is 0 Å². The van der Waals surface area contributed by atoms with E-state index < -0.39 is 48.4 Å². The molecule has 18 aromatic rings. The molecule has 2 aliphatic rings. The molecule has 0 unspecified atom stereocenters. The van der Waals surface area contributed by atoms with Crippen molar-refractivity contribution in [3.63, 3.8) is 0 Å². The van der Waals surface area contributed by atoms with Crippen molar-refractivity contribution < 1.29 is 15.4 Å². The van der Waals surface area contributed by atoms with E-state index in [0.29, 0.717) is 16.9 Å². The Labute approximate surface area is 662 Å². The lowest BCUT2D eigenvalue weighted by molar-refractivity contribution is 0.590. The Balaban J connectivity index is 0.922. The van der Waals surface area contributed by atoms with Gasteiger partial charge in [0.2, 0.25) is 0 Å². The van der Waals surface area contributed by atoms with Crippen molar-refractivity contribution >= 4 is 145 Å². The first-order chi connectivity index (χ1) is 56.5. The molecule has 0 spiro atoms. The fourth-order valence-corrected chi connectivity index (χ4v) is 17.8. The van der Waals surface area contributed by atoms with Gasteiger partial charge in [0.05, 0.1) is 55.4 Å². The molecule has 111 heavy (non-hydrogen) atoms. The van der Waals surface area contributed by atoms with Crippen molar-refractivity contribution in [3.8, 4) is 39.3 Å². The van der Waals surface area contributed by atoms with Gasteiger partial charge in [-0.15, -0.1) is 0 Å². The summed E-state index contributed by atoms with van der Waals surface area (Å²) in [6, 6.07) is 83.5. The van der Waals surface area contributed by atoms with Crippen LogP contribution in [0.4, 0.5) is 34.1 Å². The number of rotatable bonds is 7. The highest BCUT2D eigenvalue weighted by Crippen LogP contribution is 2.52. The number of hydrogen-bond donors (Lipinski definition) is 0. The highest BCUT2D eigenvalue weighted by atomic mass is 16.3. The molecular weight excluding hydrogens is 1350 g/mol.